The molecule has 8 heteroatoms. The van der Waals surface area contributed by atoms with Crippen LogP contribution >= 0.6 is 24.0 Å². The van der Waals surface area contributed by atoms with Crippen LogP contribution in [0.2, 0.25) is 0 Å². The van der Waals surface area contributed by atoms with E-state index in [2.05, 4.69) is 15.6 Å². The van der Waals surface area contributed by atoms with Gasteiger partial charge in [0.05, 0.1) is 7.11 Å². The molecule has 2 aliphatic rings. The Labute approximate surface area is 196 Å². The van der Waals surface area contributed by atoms with Crippen molar-refractivity contribution in [2.75, 3.05) is 33.3 Å². The fourth-order valence-corrected chi connectivity index (χ4v) is 4.24. The number of likely N-dealkylation sites (tertiary alicyclic amines) is 1. The Bertz CT molecular complexity index is 722. The first-order chi connectivity index (χ1) is 14.1. The number of carbonyl (C=O) groups excluding carboxylic acids is 1. The van der Waals surface area contributed by atoms with Crippen molar-refractivity contribution >= 4 is 35.8 Å². The van der Waals surface area contributed by atoms with Crippen molar-refractivity contribution in [2.24, 2.45) is 10.9 Å². The topological polar surface area (TPSA) is 86.2 Å². The Morgan fingerprint density at radius 1 is 1.30 bits per heavy atom. The number of aliphatic imine (C=N–C) groups is 1. The summed E-state index contributed by atoms with van der Waals surface area (Å²) in [4.78, 5) is 19.3. The number of carbonyl (C=O) groups is 1. The third-order valence-electron chi connectivity index (χ3n) is 5.84. The van der Waals surface area contributed by atoms with Gasteiger partial charge in [0.15, 0.2) is 17.5 Å². The SMILES string of the molecule is CCNC(=NCCc1cccc(OC)c1O)NC1CCN(C(=O)C2CCCC2)C1.I. The number of guanidine groups is 1. The number of aromatic hydroxyl groups is 1. The molecule has 3 rings (SSSR count). The van der Waals surface area contributed by atoms with Crippen molar-refractivity contribution in [3.63, 3.8) is 0 Å². The fourth-order valence-electron chi connectivity index (χ4n) is 4.24. The first kappa shape index (κ1) is 24.6. The number of nitrogens with zero attached hydrogens (tertiary/aromatic N) is 2. The molecule has 168 valence electrons. The van der Waals surface area contributed by atoms with Gasteiger partial charge in [0, 0.05) is 38.1 Å². The molecule has 1 aromatic rings. The van der Waals surface area contributed by atoms with Gasteiger partial charge in [0.25, 0.3) is 0 Å². The van der Waals surface area contributed by atoms with E-state index >= 15 is 0 Å². The molecule has 0 radical (unpaired) electrons. The summed E-state index contributed by atoms with van der Waals surface area (Å²) in [5.74, 6) is 2.00. The second kappa shape index (κ2) is 12.2. The Morgan fingerprint density at radius 2 is 2.07 bits per heavy atom. The number of benzene rings is 1. The summed E-state index contributed by atoms with van der Waals surface area (Å²) in [5, 5.41) is 17.0. The molecule has 1 aliphatic heterocycles. The molecule has 1 amide bonds. The quantitative estimate of drug-likeness (QED) is 0.287. The van der Waals surface area contributed by atoms with Crippen LogP contribution in [0.25, 0.3) is 0 Å². The maximum atomic E-state index is 12.6. The van der Waals surface area contributed by atoms with Crippen LogP contribution in [0.15, 0.2) is 23.2 Å². The number of methoxy groups -OCH3 is 1. The van der Waals surface area contributed by atoms with Crippen molar-refractivity contribution in [1.29, 1.82) is 0 Å². The largest absolute Gasteiger partial charge is 0.504 e. The average Bonchev–Trinajstić information content (AvgIpc) is 3.41. The van der Waals surface area contributed by atoms with Crippen LogP contribution in [-0.4, -0.2) is 61.2 Å². The van der Waals surface area contributed by atoms with Crippen molar-refractivity contribution in [3.8, 4) is 11.5 Å². The Balaban J connectivity index is 0.00000320. The maximum absolute atomic E-state index is 12.6. The molecule has 7 nitrogen and oxygen atoms in total. The number of para-hydroxylation sites is 1. The second-order valence-electron chi connectivity index (χ2n) is 7.87. The van der Waals surface area contributed by atoms with E-state index in [4.69, 9.17) is 4.74 Å². The third-order valence-corrected chi connectivity index (χ3v) is 5.84. The van der Waals surface area contributed by atoms with E-state index < -0.39 is 0 Å². The highest BCUT2D eigenvalue weighted by molar-refractivity contribution is 14.0. The number of amides is 1. The van der Waals surface area contributed by atoms with Crippen LogP contribution in [0, 0.1) is 5.92 Å². The van der Waals surface area contributed by atoms with Crippen molar-refractivity contribution < 1.29 is 14.6 Å². The number of phenols is 1. The van der Waals surface area contributed by atoms with Gasteiger partial charge in [-0.15, -0.1) is 24.0 Å². The molecular weight excluding hydrogens is 495 g/mol. The number of phenolic OH excluding ortho intramolecular Hbond substituents is 1. The van der Waals surface area contributed by atoms with Gasteiger partial charge in [0.1, 0.15) is 0 Å². The lowest BCUT2D eigenvalue weighted by Gasteiger charge is -2.21. The van der Waals surface area contributed by atoms with E-state index in [0.717, 1.165) is 50.4 Å². The molecule has 1 heterocycles. The van der Waals surface area contributed by atoms with E-state index in [-0.39, 0.29) is 41.7 Å². The highest BCUT2D eigenvalue weighted by atomic mass is 127. The molecule has 1 aliphatic carbocycles. The van der Waals surface area contributed by atoms with Gasteiger partial charge >= 0.3 is 0 Å². The molecule has 1 saturated carbocycles. The highest BCUT2D eigenvalue weighted by Gasteiger charge is 2.32. The summed E-state index contributed by atoms with van der Waals surface area (Å²) in [6, 6.07) is 5.72. The zero-order chi connectivity index (χ0) is 20.6. The minimum atomic E-state index is 0. The zero-order valence-corrected chi connectivity index (χ0v) is 20.4. The first-order valence-corrected chi connectivity index (χ1v) is 10.8. The molecule has 1 aromatic carbocycles. The van der Waals surface area contributed by atoms with Gasteiger partial charge in [-0.2, -0.15) is 0 Å². The minimum absolute atomic E-state index is 0. The molecule has 1 atom stereocenters. The number of nitrogens with one attached hydrogen (secondary N) is 2. The number of hydrogen-bond donors (Lipinski definition) is 3. The van der Waals surface area contributed by atoms with Crippen molar-refractivity contribution in [2.45, 2.75) is 51.5 Å². The number of hydrogen-bond acceptors (Lipinski definition) is 4. The van der Waals surface area contributed by atoms with Gasteiger partial charge in [-0.1, -0.05) is 25.0 Å². The number of rotatable bonds is 7. The van der Waals surface area contributed by atoms with Crippen LogP contribution in [0.4, 0.5) is 0 Å². The lowest BCUT2D eigenvalue weighted by molar-refractivity contribution is -0.134. The Morgan fingerprint density at radius 3 is 2.77 bits per heavy atom. The Kier molecular flexibility index (Phi) is 10.0. The van der Waals surface area contributed by atoms with Crippen LogP contribution in [0.1, 0.15) is 44.6 Å². The molecular formula is C22H35IN4O3. The molecule has 3 N–H and O–H groups in total. The van der Waals surface area contributed by atoms with E-state index in [0.29, 0.717) is 24.6 Å². The lowest BCUT2D eigenvalue weighted by atomic mass is 10.1. The summed E-state index contributed by atoms with van der Waals surface area (Å²) >= 11 is 0. The minimum Gasteiger partial charge on any atom is -0.504 e. The van der Waals surface area contributed by atoms with Crippen LogP contribution in [-0.2, 0) is 11.2 Å². The van der Waals surface area contributed by atoms with Gasteiger partial charge < -0.3 is 25.4 Å². The lowest BCUT2D eigenvalue weighted by Crippen LogP contribution is -2.45. The monoisotopic (exact) mass is 530 g/mol. The summed E-state index contributed by atoms with van der Waals surface area (Å²) in [6.07, 6.45) is 6.04. The smallest absolute Gasteiger partial charge is 0.225 e. The molecule has 0 bridgehead atoms. The standard InChI is InChI=1S/C22H34N4O3.HI/c1-3-23-22(24-13-11-16-9-6-10-19(29-2)20(16)27)25-18-12-14-26(15-18)21(28)17-7-4-5-8-17;/h6,9-10,17-18,27H,3-5,7-8,11-15H2,1-2H3,(H2,23,24,25);1H. The predicted octanol–water partition coefficient (Wildman–Crippen LogP) is 2.91. The zero-order valence-electron chi connectivity index (χ0n) is 18.0. The second-order valence-corrected chi connectivity index (χ2v) is 7.87. The summed E-state index contributed by atoms with van der Waals surface area (Å²) in [7, 11) is 1.55. The van der Waals surface area contributed by atoms with Gasteiger partial charge in [-0.05, 0) is 44.2 Å². The molecule has 30 heavy (non-hydrogen) atoms. The van der Waals surface area contributed by atoms with Crippen molar-refractivity contribution in [3.05, 3.63) is 23.8 Å². The molecule has 0 spiro atoms. The van der Waals surface area contributed by atoms with Gasteiger partial charge in [-0.25, -0.2) is 0 Å². The number of ether oxygens (including phenoxy) is 1. The van der Waals surface area contributed by atoms with E-state index in [9.17, 15) is 9.90 Å². The summed E-state index contributed by atoms with van der Waals surface area (Å²) in [5.41, 5.74) is 0.818. The molecule has 1 saturated heterocycles. The molecule has 2 fully saturated rings. The normalized spacial score (nSPS) is 19.5. The maximum Gasteiger partial charge on any atom is 0.225 e. The molecule has 0 aromatic heterocycles. The highest BCUT2D eigenvalue weighted by Crippen LogP contribution is 2.30. The first-order valence-electron chi connectivity index (χ1n) is 10.8. The molecule has 1 unspecified atom stereocenters. The van der Waals surface area contributed by atoms with Crippen LogP contribution < -0.4 is 15.4 Å². The van der Waals surface area contributed by atoms with Gasteiger partial charge in [0.2, 0.25) is 5.91 Å². The fraction of sp³-hybridized carbons (Fsp3) is 0.636. The summed E-state index contributed by atoms with van der Waals surface area (Å²) < 4.78 is 5.16. The predicted molar refractivity (Wildman–Crippen MR) is 130 cm³/mol. The van der Waals surface area contributed by atoms with Crippen molar-refractivity contribution in [1.82, 2.24) is 15.5 Å². The van der Waals surface area contributed by atoms with E-state index in [1.54, 1.807) is 13.2 Å². The number of halogens is 1. The Hall–Kier alpha value is -1.71. The van der Waals surface area contributed by atoms with Crippen LogP contribution in [0.3, 0.4) is 0 Å². The average molecular weight is 530 g/mol. The summed E-state index contributed by atoms with van der Waals surface area (Å²) in [6.45, 7) is 4.93. The van der Waals surface area contributed by atoms with E-state index in [1.807, 2.05) is 24.0 Å². The van der Waals surface area contributed by atoms with Crippen LogP contribution in [0.5, 0.6) is 11.5 Å². The third kappa shape index (κ3) is 6.39. The van der Waals surface area contributed by atoms with E-state index in [1.165, 1.54) is 12.8 Å². The van der Waals surface area contributed by atoms with Gasteiger partial charge in [-0.3, -0.25) is 9.79 Å².